The Kier molecular flexibility index (Phi) is 6.03. The summed E-state index contributed by atoms with van der Waals surface area (Å²) >= 11 is 0. The number of nitrogens with zero attached hydrogens (tertiary/aromatic N) is 4. The zero-order valence-electron chi connectivity index (χ0n) is 19.0. The fourth-order valence-electron chi connectivity index (χ4n) is 4.10. The summed E-state index contributed by atoms with van der Waals surface area (Å²) in [6.07, 6.45) is 3.52. The number of ether oxygens (including phenoxy) is 2. The minimum atomic E-state index is -0.0514. The molecule has 31 heavy (non-hydrogen) atoms. The van der Waals surface area contributed by atoms with Crippen LogP contribution in [0.2, 0.25) is 0 Å². The largest absolute Gasteiger partial charge is 0.493 e. The van der Waals surface area contributed by atoms with Gasteiger partial charge in [0.2, 0.25) is 17.7 Å². The molecule has 2 aromatic rings. The van der Waals surface area contributed by atoms with Crippen LogP contribution in [0.25, 0.3) is 0 Å². The van der Waals surface area contributed by atoms with Gasteiger partial charge in [0, 0.05) is 32.5 Å². The van der Waals surface area contributed by atoms with E-state index in [-0.39, 0.29) is 11.3 Å². The summed E-state index contributed by atoms with van der Waals surface area (Å²) < 4.78 is 11.7. The summed E-state index contributed by atoms with van der Waals surface area (Å²) in [6.45, 7) is 9.33. The molecule has 0 atom stereocenters. The minimum Gasteiger partial charge on any atom is -0.493 e. The maximum atomic E-state index is 12.9. The number of benzene rings is 1. The van der Waals surface area contributed by atoms with Gasteiger partial charge in [0.15, 0.2) is 11.5 Å². The smallest absolute Gasteiger partial charge is 0.229 e. The molecule has 3 heterocycles. The number of para-hydroxylation sites is 2. The second-order valence-corrected chi connectivity index (χ2v) is 9.50. The van der Waals surface area contributed by atoms with Gasteiger partial charge in [-0.05, 0) is 30.4 Å². The third kappa shape index (κ3) is 4.92. The fourth-order valence-corrected chi connectivity index (χ4v) is 4.10. The molecule has 2 aliphatic heterocycles. The van der Waals surface area contributed by atoms with E-state index in [4.69, 9.17) is 19.4 Å². The van der Waals surface area contributed by atoms with E-state index in [9.17, 15) is 4.79 Å². The van der Waals surface area contributed by atoms with Gasteiger partial charge < -0.3 is 19.3 Å². The van der Waals surface area contributed by atoms with Gasteiger partial charge in [-0.15, -0.1) is 0 Å². The Hall–Kier alpha value is -2.83. The molecule has 0 N–H and O–H groups in total. The van der Waals surface area contributed by atoms with Crippen LogP contribution in [-0.2, 0) is 17.8 Å². The molecule has 1 amide bonds. The molecule has 4 rings (SSSR count). The summed E-state index contributed by atoms with van der Waals surface area (Å²) in [6, 6.07) is 7.55. The minimum absolute atomic E-state index is 0.0514. The molecule has 1 fully saturated rings. The van der Waals surface area contributed by atoms with Crippen molar-refractivity contribution in [3.05, 3.63) is 35.5 Å². The highest BCUT2D eigenvalue weighted by Gasteiger charge is 2.30. The van der Waals surface area contributed by atoms with Crippen LogP contribution in [0, 0.1) is 5.41 Å². The second kappa shape index (κ2) is 8.73. The lowest BCUT2D eigenvalue weighted by molar-refractivity contribution is -0.134. The van der Waals surface area contributed by atoms with Crippen LogP contribution >= 0.6 is 0 Å². The predicted octanol–water partition coefficient (Wildman–Crippen LogP) is 4.20. The molecule has 1 aromatic heterocycles. The summed E-state index contributed by atoms with van der Waals surface area (Å²) in [5, 5.41) is 0. The molecule has 0 saturated carbocycles. The number of hydrogen-bond acceptors (Lipinski definition) is 6. The number of hydrogen-bond donors (Lipinski definition) is 0. The first kappa shape index (κ1) is 21.4. The third-order valence-corrected chi connectivity index (χ3v) is 5.71. The van der Waals surface area contributed by atoms with Gasteiger partial charge in [-0.25, -0.2) is 4.98 Å². The lowest BCUT2D eigenvalue weighted by atomic mass is 9.91. The molecule has 1 aromatic carbocycles. The van der Waals surface area contributed by atoms with E-state index in [1.165, 1.54) is 0 Å². The Balaban J connectivity index is 1.68. The van der Waals surface area contributed by atoms with E-state index in [1.807, 2.05) is 29.2 Å². The monoisotopic (exact) mass is 424 g/mol. The number of rotatable bonds is 5. The summed E-state index contributed by atoms with van der Waals surface area (Å²) in [4.78, 5) is 26.7. The van der Waals surface area contributed by atoms with Gasteiger partial charge in [0.1, 0.15) is 0 Å². The van der Waals surface area contributed by atoms with Crippen molar-refractivity contribution in [2.24, 2.45) is 5.41 Å². The molecule has 7 nitrogen and oxygen atoms in total. The molecule has 0 bridgehead atoms. The maximum Gasteiger partial charge on any atom is 0.229 e. The number of methoxy groups -OCH3 is 1. The van der Waals surface area contributed by atoms with Crippen molar-refractivity contribution in [3.63, 3.8) is 0 Å². The summed E-state index contributed by atoms with van der Waals surface area (Å²) in [5.41, 5.74) is 1.81. The Morgan fingerprint density at radius 1 is 1.06 bits per heavy atom. The van der Waals surface area contributed by atoms with Crippen LogP contribution in [0.1, 0.15) is 51.3 Å². The van der Waals surface area contributed by atoms with Crippen molar-refractivity contribution in [1.29, 1.82) is 0 Å². The molecule has 7 heteroatoms. The van der Waals surface area contributed by atoms with Gasteiger partial charge in [0.05, 0.1) is 24.9 Å². The highest BCUT2D eigenvalue weighted by molar-refractivity contribution is 5.77. The predicted molar refractivity (Wildman–Crippen MR) is 120 cm³/mol. The fraction of sp³-hybridized carbons (Fsp3) is 0.542. The van der Waals surface area contributed by atoms with Gasteiger partial charge >= 0.3 is 0 Å². The highest BCUT2D eigenvalue weighted by atomic mass is 16.5. The molecule has 0 unspecified atom stereocenters. The van der Waals surface area contributed by atoms with Gasteiger partial charge in [-0.3, -0.25) is 4.79 Å². The third-order valence-electron chi connectivity index (χ3n) is 5.71. The Morgan fingerprint density at radius 2 is 1.77 bits per heavy atom. The molecule has 0 radical (unpaired) electrons. The van der Waals surface area contributed by atoms with Crippen LogP contribution in [-0.4, -0.2) is 47.5 Å². The van der Waals surface area contributed by atoms with E-state index in [2.05, 4.69) is 25.7 Å². The molecule has 2 aliphatic rings. The van der Waals surface area contributed by atoms with E-state index in [0.29, 0.717) is 43.3 Å². The first-order valence-corrected chi connectivity index (χ1v) is 11.1. The van der Waals surface area contributed by atoms with Crippen LogP contribution < -0.4 is 14.4 Å². The van der Waals surface area contributed by atoms with E-state index >= 15 is 0 Å². The standard InChI is InChI=1S/C24H32N4O3/c1-24(2,3)15-21(29)28-14-11-18-17(16-28)22(26-23(25-18)27-12-7-8-13-27)31-20-10-6-5-9-19(20)30-4/h5-6,9-10H,7-8,11-16H2,1-4H3. The normalized spacial score (nSPS) is 16.3. The van der Waals surface area contributed by atoms with Crippen LogP contribution in [0.3, 0.4) is 0 Å². The van der Waals surface area contributed by atoms with Crippen LogP contribution in [0.15, 0.2) is 24.3 Å². The maximum absolute atomic E-state index is 12.9. The molecule has 166 valence electrons. The number of amides is 1. The second-order valence-electron chi connectivity index (χ2n) is 9.50. The summed E-state index contributed by atoms with van der Waals surface area (Å²) in [7, 11) is 1.63. The molecule has 1 saturated heterocycles. The van der Waals surface area contributed by atoms with Gasteiger partial charge in [0.25, 0.3) is 0 Å². The van der Waals surface area contributed by atoms with Crippen molar-refractivity contribution < 1.29 is 14.3 Å². The van der Waals surface area contributed by atoms with Crippen molar-refractivity contribution >= 4 is 11.9 Å². The zero-order chi connectivity index (χ0) is 22.0. The van der Waals surface area contributed by atoms with Crippen molar-refractivity contribution in [2.45, 2.75) is 53.0 Å². The topological polar surface area (TPSA) is 67.8 Å². The number of fused-ring (bicyclic) bond motifs is 1. The van der Waals surface area contributed by atoms with E-state index in [1.54, 1.807) is 7.11 Å². The lowest BCUT2D eigenvalue weighted by Crippen LogP contribution is -2.38. The van der Waals surface area contributed by atoms with Crippen molar-refractivity contribution in [2.75, 3.05) is 31.6 Å². The lowest BCUT2D eigenvalue weighted by Gasteiger charge is -2.32. The average Bonchev–Trinajstić information content (AvgIpc) is 3.27. The van der Waals surface area contributed by atoms with Crippen molar-refractivity contribution in [3.8, 4) is 17.4 Å². The molecule has 0 aliphatic carbocycles. The average molecular weight is 425 g/mol. The van der Waals surface area contributed by atoms with Crippen molar-refractivity contribution in [1.82, 2.24) is 14.9 Å². The quantitative estimate of drug-likeness (QED) is 0.717. The SMILES string of the molecule is COc1ccccc1Oc1nc(N2CCCC2)nc2c1CN(C(=O)CC(C)(C)C)CC2. The van der Waals surface area contributed by atoms with Gasteiger partial charge in [-0.1, -0.05) is 32.9 Å². The molecular formula is C24H32N4O3. The number of carbonyl (C=O) groups is 1. The Bertz CT molecular complexity index is 948. The summed E-state index contributed by atoms with van der Waals surface area (Å²) in [5.74, 6) is 2.65. The van der Waals surface area contributed by atoms with E-state index < -0.39 is 0 Å². The number of aromatic nitrogens is 2. The number of carbonyl (C=O) groups excluding carboxylic acids is 1. The number of anilines is 1. The highest BCUT2D eigenvalue weighted by Crippen LogP contribution is 2.36. The van der Waals surface area contributed by atoms with Crippen LogP contribution in [0.5, 0.6) is 17.4 Å². The zero-order valence-corrected chi connectivity index (χ0v) is 19.0. The Morgan fingerprint density at radius 3 is 2.45 bits per heavy atom. The van der Waals surface area contributed by atoms with Crippen LogP contribution in [0.4, 0.5) is 5.95 Å². The van der Waals surface area contributed by atoms with E-state index in [0.717, 1.165) is 43.1 Å². The first-order chi connectivity index (χ1) is 14.8. The van der Waals surface area contributed by atoms with Gasteiger partial charge in [-0.2, -0.15) is 4.98 Å². The first-order valence-electron chi connectivity index (χ1n) is 11.1. The molecule has 0 spiro atoms. The molecular weight excluding hydrogens is 392 g/mol. The Labute approximate surface area is 184 Å².